The van der Waals surface area contributed by atoms with Crippen LogP contribution in [-0.4, -0.2) is 54.4 Å². The first-order valence-electron chi connectivity index (χ1n) is 17.3. The lowest BCUT2D eigenvalue weighted by Crippen LogP contribution is -2.67. The Morgan fingerprint density at radius 1 is 0.754 bits per heavy atom. The molecule has 39 heteroatoms. The van der Waals surface area contributed by atoms with Gasteiger partial charge in [-0.25, -0.2) is 9.59 Å². The van der Waals surface area contributed by atoms with Crippen LogP contribution in [0.5, 0.6) is 0 Å². The summed E-state index contributed by atoms with van der Waals surface area (Å²) in [5.74, 6) is -1.63. The molecule has 0 aromatic heterocycles. The number of aliphatic hydroxyl groups is 1. The van der Waals surface area contributed by atoms with Gasteiger partial charge in [-0.15, -0.1) is 134 Å². The number of rotatable bonds is 18. The maximum atomic E-state index is 14.1. The van der Waals surface area contributed by atoms with Crippen molar-refractivity contribution in [1.29, 1.82) is 0 Å². The summed E-state index contributed by atoms with van der Waals surface area (Å²) >= 11 is 0. The van der Waals surface area contributed by atoms with Gasteiger partial charge in [-0.2, -0.15) is 0 Å². The normalized spacial score (nSPS) is 31.4. The number of carbonyl (C=O) groups is 2. The van der Waals surface area contributed by atoms with Gasteiger partial charge in [-0.05, 0) is 80.4 Å². The van der Waals surface area contributed by atoms with E-state index in [4.69, 9.17) is 27.8 Å². The predicted molar refractivity (Wildman–Crippen MR) is 356 cm³/mol. The Bertz CT molecular complexity index is 1620. The number of carbonyl (C=O) groups excluding carboxylic acids is 2. The Kier molecular flexibility index (Phi) is 29.6. The summed E-state index contributed by atoms with van der Waals surface area (Å²) in [6, 6.07) is 0. The largest absolute Gasteiger partial charge is 0.511 e. The van der Waals surface area contributed by atoms with Crippen LogP contribution < -0.4 is 0 Å². The average molecular weight is 1400 g/mol. The van der Waals surface area contributed by atoms with Crippen molar-refractivity contribution >= 4 is 255 Å². The molecule has 0 aromatic rings. The second-order valence-electron chi connectivity index (χ2n) is 14.7. The standard InChI is InChI=1S/C22H60O9P30/c1-9-11(29-49(33)60(56(42)43)61(57(44)45)58(46)47)8-22-17(27-19(25)28-22)15-16(23)10(18(24)26-5)6-13(31-50(52(34)35)53(36)37)21(15,4)7-12(14(9)20(22,2)3)30-51(54(38)39)59(48-32)55(40)41/h11-13,15,17,23,48H,6-8,32-47H2,1-5H3/t11-,12+,13-,15-,17-,21+,22+,49?,51?,59?,60?/m0/s1. The van der Waals surface area contributed by atoms with Gasteiger partial charge in [0.25, 0.3) is 0 Å². The minimum Gasteiger partial charge on any atom is -0.511 e. The van der Waals surface area contributed by atoms with Gasteiger partial charge < -0.3 is 32.9 Å². The van der Waals surface area contributed by atoms with Crippen LogP contribution >= 0.6 is 243 Å². The molecule has 28 atom stereocenters. The van der Waals surface area contributed by atoms with Gasteiger partial charge in [0, 0.05) is 37.6 Å². The fourth-order valence-corrected chi connectivity index (χ4v) is 237. The molecule has 1 heterocycles. The van der Waals surface area contributed by atoms with Gasteiger partial charge in [-0.3, -0.25) is 0 Å². The van der Waals surface area contributed by atoms with Crippen LogP contribution in [0, 0.1) is 16.7 Å². The van der Waals surface area contributed by atoms with Crippen molar-refractivity contribution in [3.05, 3.63) is 22.5 Å². The summed E-state index contributed by atoms with van der Waals surface area (Å²) < 4.78 is 41.1. The van der Waals surface area contributed by atoms with Crippen LogP contribution in [0.4, 0.5) is 4.79 Å². The van der Waals surface area contributed by atoms with Gasteiger partial charge in [-0.1, -0.05) is 37.7 Å². The summed E-state index contributed by atoms with van der Waals surface area (Å²) in [5.41, 5.74) is -0.707. The highest BCUT2D eigenvalue weighted by Gasteiger charge is 2.73. The monoisotopic (exact) mass is 1400 g/mol. The number of fused-ring (bicyclic) bond motifs is 3. The summed E-state index contributed by atoms with van der Waals surface area (Å²) in [6.07, 6.45) is -2.30. The first-order valence-corrected chi connectivity index (χ1v) is 69.5. The third-order valence-corrected chi connectivity index (χ3v) is 154. The zero-order chi connectivity index (χ0) is 46.4. The van der Waals surface area contributed by atoms with Crippen molar-refractivity contribution in [3.8, 4) is 0 Å². The van der Waals surface area contributed by atoms with E-state index in [-0.39, 0.29) is 38.7 Å². The number of methoxy groups -OCH3 is 1. The zero-order valence-corrected chi connectivity index (χ0v) is 64.9. The highest BCUT2D eigenvalue weighted by Crippen LogP contribution is 3.21. The molecule has 0 radical (unpaired) electrons. The van der Waals surface area contributed by atoms with Crippen molar-refractivity contribution in [2.24, 2.45) is 16.7 Å². The fraction of sp³-hybridized carbons (Fsp3) is 0.727. The highest BCUT2D eigenvalue weighted by molar-refractivity contribution is 9.25. The molecule has 2 fully saturated rings. The first-order chi connectivity index (χ1) is 28.1. The predicted octanol–water partition coefficient (Wildman–Crippen LogP) is 20.0. The van der Waals surface area contributed by atoms with E-state index < -0.39 is 130 Å². The molecule has 1 N–H and O–H groups in total. The maximum Gasteiger partial charge on any atom is 0.509 e. The molecule has 1 saturated carbocycles. The second kappa shape index (κ2) is 28.1. The number of esters is 1. The van der Waals surface area contributed by atoms with Gasteiger partial charge in [0.15, 0.2) is 11.7 Å². The third-order valence-electron chi connectivity index (χ3n) is 10.9. The Hall–Kier alpha value is 10.8. The van der Waals surface area contributed by atoms with Gasteiger partial charge in [0.05, 0.1) is 59.5 Å². The van der Waals surface area contributed by atoms with E-state index in [0.29, 0.717) is 20.8 Å². The van der Waals surface area contributed by atoms with E-state index in [1.807, 2.05) is 0 Å². The number of hydrogen-bond donors (Lipinski definition) is 1. The van der Waals surface area contributed by atoms with Gasteiger partial charge in [0.2, 0.25) is 0 Å². The van der Waals surface area contributed by atoms with E-state index in [1.54, 1.807) is 0 Å². The minimum absolute atomic E-state index is 0.127. The van der Waals surface area contributed by atoms with Crippen molar-refractivity contribution in [2.75, 3.05) is 7.11 Å². The molecule has 21 unspecified atom stereocenters. The van der Waals surface area contributed by atoms with E-state index in [1.165, 1.54) is 7.11 Å². The lowest BCUT2D eigenvalue weighted by Gasteiger charge is -2.60. The Morgan fingerprint density at radius 2 is 1.30 bits per heavy atom. The molecule has 61 heavy (non-hydrogen) atoms. The number of hydrogen-bond acceptors (Lipinski definition) is 9. The molecule has 0 aromatic carbocycles. The summed E-state index contributed by atoms with van der Waals surface area (Å²) in [4.78, 5) is 27.8. The fourth-order valence-electron chi connectivity index (χ4n) is 8.40. The van der Waals surface area contributed by atoms with Crippen molar-refractivity contribution < 1.29 is 42.5 Å². The lowest BCUT2D eigenvalue weighted by atomic mass is 9.49. The molecule has 0 amide bonds. The van der Waals surface area contributed by atoms with Crippen molar-refractivity contribution in [2.45, 2.75) is 77.0 Å². The topological polar surface area (TPSA) is 110 Å². The maximum absolute atomic E-state index is 14.1. The van der Waals surface area contributed by atoms with E-state index >= 15 is 0 Å². The SMILES string of the molecule is COC(=O)C1=C(O)[C@H]2[C@@H]3OC(=O)O[C@]34C[C@H](OP(P)P(P(P)P)P(P(P)P)P(P)P)C(C)=C([C@H](OP(P(P)P)P(PP)P(P)P)C[C@]2(C)[C@@H](OP(P(P)P)P(P)P)C1)C4(C)C. The number of aliphatic hydroxyl groups excluding tert-OH is 1. The van der Waals surface area contributed by atoms with Crippen LogP contribution in [0.25, 0.3) is 0 Å². The summed E-state index contributed by atoms with van der Waals surface area (Å²) in [7, 11) is 48.0. The quantitative estimate of drug-likeness (QED) is 0.0815. The molecular formula is C22H60O9P30. The van der Waals surface area contributed by atoms with Crippen LogP contribution in [0.3, 0.4) is 0 Å². The molecule has 4 rings (SSSR count). The van der Waals surface area contributed by atoms with Crippen molar-refractivity contribution in [1.82, 2.24) is 0 Å². The Morgan fingerprint density at radius 3 is 1.75 bits per heavy atom. The van der Waals surface area contributed by atoms with Gasteiger partial charge in [0.1, 0.15) is 5.76 Å². The average Bonchev–Trinajstić information content (AvgIpc) is 3.46. The van der Waals surface area contributed by atoms with Crippen LogP contribution in [0.1, 0.15) is 47.0 Å². The van der Waals surface area contributed by atoms with Crippen LogP contribution in [0.2, 0.25) is 0 Å². The van der Waals surface area contributed by atoms with E-state index in [9.17, 15) is 14.7 Å². The molecule has 3 aliphatic carbocycles. The smallest absolute Gasteiger partial charge is 0.509 e. The first kappa shape index (κ1) is 64.3. The van der Waals surface area contributed by atoms with E-state index in [0.717, 1.165) is 11.1 Å². The molecule has 9 nitrogen and oxygen atoms in total. The summed E-state index contributed by atoms with van der Waals surface area (Å²) in [6.45, 7) is 3.58. The minimum atomic E-state index is -1.31. The van der Waals surface area contributed by atoms with Gasteiger partial charge >= 0.3 is 12.1 Å². The molecule has 1 spiro atoms. The Balaban J connectivity index is 2.12. The summed E-state index contributed by atoms with van der Waals surface area (Å²) in [5, 5.41) is 12.7. The highest BCUT2D eigenvalue weighted by atomic mass is 33.3. The van der Waals surface area contributed by atoms with Crippen LogP contribution in [0.15, 0.2) is 22.5 Å². The molecule has 4 aliphatic rings. The molecule has 352 valence electrons. The van der Waals surface area contributed by atoms with Crippen LogP contribution in [-0.2, 0) is 32.6 Å². The Labute approximate surface area is 417 Å². The molecule has 1 aliphatic heterocycles. The second-order valence-corrected chi connectivity index (χ2v) is 121. The zero-order valence-electron chi connectivity index (χ0n) is 33.8. The lowest BCUT2D eigenvalue weighted by molar-refractivity contribution is -0.157. The third kappa shape index (κ3) is 14.7. The van der Waals surface area contributed by atoms with E-state index in [2.05, 4.69) is 171 Å². The molecular weight excluding hydrogens is 1340 g/mol. The molecule has 2 bridgehead atoms. The molecule has 1 saturated heterocycles. The van der Waals surface area contributed by atoms with Crippen molar-refractivity contribution in [3.63, 3.8) is 0 Å². The number of ether oxygens (including phenoxy) is 3.